The van der Waals surface area contributed by atoms with Crippen molar-refractivity contribution >= 4 is 70.4 Å². The monoisotopic (exact) mass is 968 g/mol. The summed E-state index contributed by atoms with van der Waals surface area (Å²) in [5.41, 5.74) is 19.0. The first-order valence-corrected chi connectivity index (χ1v) is 44.0. The molecule has 0 saturated heterocycles. The second-order valence-electron chi connectivity index (χ2n) is 22.8. The van der Waals surface area contributed by atoms with Crippen molar-refractivity contribution in [1.29, 1.82) is 0 Å². The molecule has 322 valence electrons. The van der Waals surface area contributed by atoms with Gasteiger partial charge in [-0.2, -0.15) is 0 Å². The molecule has 0 aliphatic heterocycles. The molecule has 0 nitrogen and oxygen atoms in total. The van der Waals surface area contributed by atoms with E-state index in [1.807, 2.05) is 11.1 Å². The van der Waals surface area contributed by atoms with Gasteiger partial charge in [-0.3, -0.25) is 0 Å². The molecule has 0 spiro atoms. The van der Waals surface area contributed by atoms with Crippen molar-refractivity contribution in [2.24, 2.45) is 11.8 Å². The summed E-state index contributed by atoms with van der Waals surface area (Å²) >= 11 is -3.94. The van der Waals surface area contributed by atoms with Gasteiger partial charge >= 0.3 is 361 Å². The molecule has 0 N–H and O–H groups in total. The minimum absolute atomic E-state index is 0. The van der Waals surface area contributed by atoms with Crippen LogP contribution in [0.4, 0.5) is 0 Å². The Bertz CT molecular complexity index is 2160. The summed E-state index contributed by atoms with van der Waals surface area (Å²) < 4.78 is 6.99. The quantitative estimate of drug-likeness (QED) is 0.139. The zero-order valence-corrected chi connectivity index (χ0v) is 46.4. The maximum atomic E-state index is 2.94. The molecule has 6 heteroatoms. The number of hydrogen-bond donors (Lipinski definition) is 0. The van der Waals surface area contributed by atoms with E-state index in [1.165, 1.54) is 110 Å². The zero-order valence-electron chi connectivity index (χ0n) is 38.9. The van der Waals surface area contributed by atoms with Crippen molar-refractivity contribution in [2.75, 3.05) is 0 Å². The standard InChI is InChI=1S/2C26H33Si.2CH3.2ClH.H2Si.Zr/c2*1-19-10-15-24(22-11-13-23(14-12-22)27(2,3)4)26-18-21(17-25(19)26)16-20-8-6-5-7-9-20;;;;;;/h2*10-15,17-18,20H,5-9,16H2,1-4H3;2*1H3;2*1H;1H2;. The van der Waals surface area contributed by atoms with E-state index in [1.54, 1.807) is 32.6 Å². The smallest absolute Gasteiger partial charge is 0.147 e. The fourth-order valence-electron chi connectivity index (χ4n) is 12.4. The van der Waals surface area contributed by atoms with E-state index >= 15 is 0 Å². The Kier molecular flexibility index (Phi) is 14.5. The fraction of sp³-hybridized carbons (Fsp3) is 0.481. The van der Waals surface area contributed by atoms with E-state index in [9.17, 15) is 0 Å². The van der Waals surface area contributed by atoms with Crippen LogP contribution in [-0.2, 0) is 17.4 Å². The number of rotatable bonds is 10. The number of fused-ring (bicyclic) bond motifs is 2. The molecule has 0 bridgehead atoms. The average Bonchev–Trinajstić information content (AvgIpc) is 3.77. The summed E-state index contributed by atoms with van der Waals surface area (Å²) in [6.45, 7) is 22.4. The number of allylic oxidation sites excluding steroid dienone is 2. The van der Waals surface area contributed by atoms with Crippen LogP contribution in [0.5, 0.6) is 0 Å². The Morgan fingerprint density at radius 2 is 0.833 bits per heavy atom. The number of aryl methyl sites for hydroxylation is 2. The molecular formula is C54H76Cl2Si3Zr. The SMILES string of the molecule is Cc1ccc(-c2ccc([Si](C)(C)C)cc2)c2c1[CH]([Zr]([CH3])([CH3])(=[SiH2])[CH]1C(CC3CCCCC3)=Cc3c(-c4ccc([Si](C)(C)C)cc4)ccc(C)c31)C(CC1CCCCC1)=C2.Cl.Cl. The second-order valence-corrected chi connectivity index (χ2v) is 63.5. The molecule has 0 radical (unpaired) electrons. The largest absolute Gasteiger partial charge is 0.147 e. The first kappa shape index (κ1) is 47.9. The summed E-state index contributed by atoms with van der Waals surface area (Å²) in [5, 5.41) is 3.10. The van der Waals surface area contributed by atoms with Gasteiger partial charge in [-0.25, -0.2) is 0 Å². The molecule has 2 fully saturated rings. The van der Waals surface area contributed by atoms with Gasteiger partial charge in [0.1, 0.15) is 0 Å². The van der Waals surface area contributed by atoms with Gasteiger partial charge in [-0.1, -0.05) is 0 Å². The van der Waals surface area contributed by atoms with E-state index in [2.05, 4.69) is 154 Å². The van der Waals surface area contributed by atoms with Crippen molar-refractivity contribution in [3.05, 3.63) is 117 Å². The van der Waals surface area contributed by atoms with Gasteiger partial charge in [-0.15, -0.1) is 24.8 Å². The maximum Gasteiger partial charge on any atom is -0.147 e. The van der Waals surface area contributed by atoms with E-state index in [-0.39, 0.29) is 24.8 Å². The summed E-state index contributed by atoms with van der Waals surface area (Å²) in [6.07, 6.45) is 22.3. The Balaban J connectivity index is 0.00000302. The second kappa shape index (κ2) is 18.2. The third kappa shape index (κ3) is 9.33. The number of halogens is 2. The number of hydrogen-bond acceptors (Lipinski definition) is 0. The van der Waals surface area contributed by atoms with Crippen LogP contribution in [0.1, 0.15) is 118 Å². The zero-order chi connectivity index (χ0) is 41.2. The predicted octanol–water partition coefficient (Wildman–Crippen LogP) is 15.4. The first-order chi connectivity index (χ1) is 27.4. The van der Waals surface area contributed by atoms with Gasteiger partial charge in [0, 0.05) is 0 Å². The molecule has 4 aliphatic rings. The van der Waals surface area contributed by atoms with Gasteiger partial charge in [0.05, 0.1) is 0 Å². The van der Waals surface area contributed by atoms with Gasteiger partial charge in [0.25, 0.3) is 0 Å². The molecule has 0 heterocycles. The molecule has 8 rings (SSSR count). The van der Waals surface area contributed by atoms with Crippen molar-refractivity contribution in [1.82, 2.24) is 0 Å². The molecule has 60 heavy (non-hydrogen) atoms. The average molecular weight is 972 g/mol. The van der Waals surface area contributed by atoms with Crippen LogP contribution in [0.2, 0.25) is 48.5 Å². The van der Waals surface area contributed by atoms with Crippen molar-refractivity contribution < 1.29 is 17.4 Å². The Morgan fingerprint density at radius 1 is 0.500 bits per heavy atom. The molecule has 2 saturated carbocycles. The minimum atomic E-state index is -3.94. The van der Waals surface area contributed by atoms with Crippen LogP contribution in [0.25, 0.3) is 34.4 Å². The van der Waals surface area contributed by atoms with Gasteiger partial charge in [-0.05, 0) is 0 Å². The molecule has 4 aromatic rings. The fourth-order valence-corrected chi connectivity index (χ4v) is 34.6. The Labute approximate surface area is 382 Å². The van der Waals surface area contributed by atoms with Gasteiger partial charge in [0.2, 0.25) is 0 Å². The van der Waals surface area contributed by atoms with Gasteiger partial charge < -0.3 is 0 Å². The van der Waals surface area contributed by atoms with Crippen molar-refractivity contribution in [3.8, 4) is 22.3 Å². The van der Waals surface area contributed by atoms with Crippen molar-refractivity contribution in [2.45, 2.75) is 147 Å². The van der Waals surface area contributed by atoms with E-state index in [4.69, 9.17) is 0 Å². The van der Waals surface area contributed by atoms with Crippen LogP contribution < -0.4 is 10.4 Å². The van der Waals surface area contributed by atoms with Crippen LogP contribution in [0.15, 0.2) is 83.9 Å². The first-order valence-electron chi connectivity index (χ1n) is 23.4. The van der Waals surface area contributed by atoms with E-state index in [0.29, 0.717) is 7.25 Å². The van der Waals surface area contributed by atoms with Crippen LogP contribution >= 0.6 is 24.8 Å². The molecule has 2 atom stereocenters. The van der Waals surface area contributed by atoms with Crippen LogP contribution in [0.3, 0.4) is 0 Å². The third-order valence-corrected chi connectivity index (χ3v) is 37.0. The van der Waals surface area contributed by atoms with Crippen molar-refractivity contribution in [3.63, 3.8) is 0 Å². The van der Waals surface area contributed by atoms with E-state index < -0.39 is 33.5 Å². The minimum Gasteiger partial charge on any atom is -0.147 e. The molecule has 4 aromatic carbocycles. The van der Waals surface area contributed by atoms with E-state index in [0.717, 1.165) is 11.8 Å². The Hall–Kier alpha value is -1.53. The molecular weight excluding hydrogens is 895 g/mol. The molecule has 4 aliphatic carbocycles. The molecule has 0 amide bonds. The van der Waals surface area contributed by atoms with Gasteiger partial charge in [0.15, 0.2) is 0 Å². The summed E-state index contributed by atoms with van der Waals surface area (Å²) in [7, 11) is -2.77. The maximum absolute atomic E-state index is 3.94. The molecule has 2 unspecified atom stereocenters. The topological polar surface area (TPSA) is 0 Å². The predicted molar refractivity (Wildman–Crippen MR) is 278 cm³/mol. The molecule has 0 aromatic heterocycles. The Morgan fingerprint density at radius 3 is 1.15 bits per heavy atom. The third-order valence-electron chi connectivity index (χ3n) is 15.5. The van der Waals surface area contributed by atoms with Crippen LogP contribution in [-0.4, -0.2) is 23.0 Å². The summed E-state index contributed by atoms with van der Waals surface area (Å²) in [6, 6.07) is 29.6. The summed E-state index contributed by atoms with van der Waals surface area (Å²) in [4.78, 5) is 0. The number of benzene rings is 4. The summed E-state index contributed by atoms with van der Waals surface area (Å²) in [5.74, 6) is 1.65. The van der Waals surface area contributed by atoms with Crippen LogP contribution in [0, 0.1) is 25.7 Å². The normalized spacial score (nSPS) is 20.1.